The number of nitrogens with one attached hydrogen (secondary N) is 2. The van der Waals surface area contributed by atoms with E-state index in [9.17, 15) is 18.0 Å². The molecule has 2 rings (SSSR count). The standard InChI is InChI=1S/C15H16N4O5S/c1-19(24-2)25(22,23)13-7-5-11(6-8-13)14(20)17-18-15(21)12-4-3-9-16-10-12/h3-10H,1-2H3,(H,17,20)(H,18,21). The fraction of sp³-hybridized carbons (Fsp3) is 0.133. The Kier molecular flexibility index (Phi) is 5.80. The Balaban J connectivity index is 2.02. The van der Waals surface area contributed by atoms with Gasteiger partial charge in [0.25, 0.3) is 21.8 Å². The number of pyridine rings is 1. The second-order valence-electron chi connectivity index (χ2n) is 4.77. The van der Waals surface area contributed by atoms with Crippen LogP contribution in [0.1, 0.15) is 20.7 Å². The molecule has 0 saturated carbocycles. The van der Waals surface area contributed by atoms with Crippen molar-refractivity contribution in [1.82, 2.24) is 20.3 Å². The van der Waals surface area contributed by atoms with E-state index in [0.29, 0.717) is 4.47 Å². The maximum absolute atomic E-state index is 12.1. The minimum atomic E-state index is -3.79. The van der Waals surface area contributed by atoms with E-state index in [1.54, 1.807) is 12.1 Å². The second-order valence-corrected chi connectivity index (χ2v) is 6.71. The number of hydrazine groups is 1. The van der Waals surface area contributed by atoms with Gasteiger partial charge in [0, 0.05) is 25.0 Å². The monoisotopic (exact) mass is 364 g/mol. The highest BCUT2D eigenvalue weighted by molar-refractivity contribution is 7.89. The summed E-state index contributed by atoms with van der Waals surface area (Å²) >= 11 is 0. The number of sulfonamides is 1. The van der Waals surface area contributed by atoms with E-state index in [1.165, 1.54) is 50.8 Å². The Morgan fingerprint density at radius 1 is 1.04 bits per heavy atom. The molecule has 0 saturated heterocycles. The second kappa shape index (κ2) is 7.83. The predicted molar refractivity (Wildman–Crippen MR) is 87.6 cm³/mol. The molecule has 0 fully saturated rings. The average molecular weight is 364 g/mol. The predicted octanol–water partition coefficient (Wildman–Crippen LogP) is 0.338. The first-order valence-corrected chi connectivity index (χ1v) is 8.44. The van der Waals surface area contributed by atoms with Crippen molar-refractivity contribution in [3.8, 4) is 0 Å². The van der Waals surface area contributed by atoms with Crippen molar-refractivity contribution in [2.45, 2.75) is 4.90 Å². The van der Waals surface area contributed by atoms with Gasteiger partial charge in [-0.3, -0.25) is 30.3 Å². The molecule has 0 spiro atoms. The molecule has 2 amide bonds. The van der Waals surface area contributed by atoms with E-state index in [4.69, 9.17) is 0 Å². The summed E-state index contributed by atoms with van der Waals surface area (Å²) < 4.78 is 24.8. The number of hydroxylamine groups is 1. The zero-order valence-corrected chi connectivity index (χ0v) is 14.3. The molecule has 25 heavy (non-hydrogen) atoms. The van der Waals surface area contributed by atoms with Gasteiger partial charge in [0.2, 0.25) is 0 Å². The lowest BCUT2D eigenvalue weighted by Gasteiger charge is -2.14. The van der Waals surface area contributed by atoms with Crippen LogP contribution in [0.5, 0.6) is 0 Å². The number of carbonyl (C=O) groups is 2. The Hall–Kier alpha value is -2.82. The van der Waals surface area contributed by atoms with Crippen LogP contribution in [0.4, 0.5) is 0 Å². The Morgan fingerprint density at radius 3 is 2.16 bits per heavy atom. The third-order valence-electron chi connectivity index (χ3n) is 3.22. The summed E-state index contributed by atoms with van der Waals surface area (Å²) in [5.74, 6) is -1.12. The molecule has 9 nitrogen and oxygen atoms in total. The van der Waals surface area contributed by atoms with Gasteiger partial charge in [-0.25, -0.2) is 8.42 Å². The molecule has 0 bridgehead atoms. The molecular formula is C15H16N4O5S. The molecular weight excluding hydrogens is 348 g/mol. The molecule has 0 atom stereocenters. The summed E-state index contributed by atoms with van der Waals surface area (Å²) in [7, 11) is -1.31. The van der Waals surface area contributed by atoms with E-state index in [-0.39, 0.29) is 16.0 Å². The van der Waals surface area contributed by atoms with Crippen LogP contribution in [0.25, 0.3) is 0 Å². The van der Waals surface area contributed by atoms with E-state index in [1.807, 2.05) is 0 Å². The normalized spacial score (nSPS) is 11.2. The third kappa shape index (κ3) is 4.38. The highest BCUT2D eigenvalue weighted by Gasteiger charge is 2.21. The van der Waals surface area contributed by atoms with Gasteiger partial charge in [-0.15, -0.1) is 0 Å². The first-order chi connectivity index (χ1) is 11.9. The summed E-state index contributed by atoms with van der Waals surface area (Å²) in [4.78, 5) is 32.2. The SMILES string of the molecule is CON(C)S(=O)(=O)c1ccc(C(=O)NNC(=O)c2cccnc2)cc1. The summed E-state index contributed by atoms with van der Waals surface area (Å²) in [6.07, 6.45) is 2.87. The van der Waals surface area contributed by atoms with Crippen LogP contribution in [0.15, 0.2) is 53.7 Å². The van der Waals surface area contributed by atoms with Crippen molar-refractivity contribution >= 4 is 21.8 Å². The molecule has 1 aromatic heterocycles. The minimum Gasteiger partial charge on any atom is -0.288 e. The third-order valence-corrected chi connectivity index (χ3v) is 4.92. The van der Waals surface area contributed by atoms with Gasteiger partial charge in [0.05, 0.1) is 17.6 Å². The first-order valence-electron chi connectivity index (χ1n) is 7.00. The van der Waals surface area contributed by atoms with Gasteiger partial charge in [0.1, 0.15) is 0 Å². The summed E-state index contributed by atoms with van der Waals surface area (Å²) in [5.41, 5.74) is 4.94. The average Bonchev–Trinajstić information content (AvgIpc) is 2.65. The number of rotatable bonds is 5. The van der Waals surface area contributed by atoms with E-state index in [0.717, 1.165) is 0 Å². The van der Waals surface area contributed by atoms with E-state index < -0.39 is 21.8 Å². The lowest BCUT2D eigenvalue weighted by atomic mass is 10.2. The summed E-state index contributed by atoms with van der Waals surface area (Å²) in [6, 6.07) is 8.31. The van der Waals surface area contributed by atoms with Crippen LogP contribution >= 0.6 is 0 Å². The molecule has 1 heterocycles. The van der Waals surface area contributed by atoms with Gasteiger partial charge in [-0.05, 0) is 36.4 Å². The zero-order chi connectivity index (χ0) is 18.4. The van der Waals surface area contributed by atoms with Crippen LogP contribution in [0.3, 0.4) is 0 Å². The van der Waals surface area contributed by atoms with Crippen molar-refractivity contribution in [3.05, 3.63) is 59.9 Å². The lowest BCUT2D eigenvalue weighted by Crippen LogP contribution is -2.41. The van der Waals surface area contributed by atoms with E-state index in [2.05, 4.69) is 20.7 Å². The maximum Gasteiger partial charge on any atom is 0.271 e. The number of nitrogens with zero attached hydrogens (tertiary/aromatic N) is 2. The molecule has 10 heteroatoms. The highest BCUT2D eigenvalue weighted by atomic mass is 32.2. The van der Waals surface area contributed by atoms with Gasteiger partial charge < -0.3 is 0 Å². The molecule has 0 unspecified atom stereocenters. The van der Waals surface area contributed by atoms with Crippen molar-refractivity contribution in [2.75, 3.05) is 14.2 Å². The highest BCUT2D eigenvalue weighted by Crippen LogP contribution is 2.15. The van der Waals surface area contributed by atoms with Crippen molar-refractivity contribution in [3.63, 3.8) is 0 Å². The number of benzene rings is 1. The van der Waals surface area contributed by atoms with Gasteiger partial charge in [-0.2, -0.15) is 0 Å². The molecule has 2 N–H and O–H groups in total. The summed E-state index contributed by atoms with van der Waals surface area (Å²) in [6.45, 7) is 0. The van der Waals surface area contributed by atoms with Crippen molar-refractivity contribution in [1.29, 1.82) is 0 Å². The van der Waals surface area contributed by atoms with E-state index >= 15 is 0 Å². The quantitative estimate of drug-likeness (QED) is 0.739. The first kappa shape index (κ1) is 18.5. The molecule has 0 aliphatic heterocycles. The molecule has 0 radical (unpaired) electrons. The lowest BCUT2D eigenvalue weighted by molar-refractivity contribution is -0.0258. The van der Waals surface area contributed by atoms with Crippen LogP contribution in [-0.2, 0) is 14.9 Å². The number of hydrogen-bond donors (Lipinski definition) is 2. The Labute approximate surface area is 144 Å². The van der Waals surface area contributed by atoms with Crippen LogP contribution in [0, 0.1) is 0 Å². The molecule has 1 aromatic carbocycles. The molecule has 0 aliphatic carbocycles. The molecule has 0 aliphatic rings. The maximum atomic E-state index is 12.1. The Morgan fingerprint density at radius 2 is 1.64 bits per heavy atom. The minimum absolute atomic E-state index is 0.0344. The largest absolute Gasteiger partial charge is 0.288 e. The molecule has 2 aromatic rings. The number of carbonyl (C=O) groups excluding carboxylic acids is 2. The van der Waals surface area contributed by atoms with Crippen LogP contribution in [-0.4, -0.2) is 43.8 Å². The van der Waals surface area contributed by atoms with Gasteiger partial charge in [0.15, 0.2) is 0 Å². The molecule has 132 valence electrons. The summed E-state index contributed by atoms with van der Waals surface area (Å²) in [5, 5.41) is 0. The fourth-order valence-corrected chi connectivity index (χ4v) is 2.75. The van der Waals surface area contributed by atoms with Crippen molar-refractivity contribution < 1.29 is 22.8 Å². The Bertz CT molecular complexity index is 853. The van der Waals surface area contributed by atoms with Gasteiger partial charge >= 0.3 is 0 Å². The van der Waals surface area contributed by atoms with Crippen molar-refractivity contribution in [2.24, 2.45) is 0 Å². The van der Waals surface area contributed by atoms with Gasteiger partial charge in [-0.1, -0.05) is 4.47 Å². The topological polar surface area (TPSA) is 118 Å². The number of aromatic nitrogens is 1. The zero-order valence-electron chi connectivity index (χ0n) is 13.5. The van der Waals surface area contributed by atoms with Crippen LogP contribution in [0.2, 0.25) is 0 Å². The fourth-order valence-electron chi connectivity index (χ4n) is 1.78. The number of hydrogen-bond acceptors (Lipinski definition) is 6. The number of amides is 2. The smallest absolute Gasteiger partial charge is 0.271 e. The van der Waals surface area contributed by atoms with Crippen LogP contribution < -0.4 is 10.9 Å².